The number of carbonyl (C=O) groups excluding carboxylic acids is 2. The van der Waals surface area contributed by atoms with Gasteiger partial charge in [-0.3, -0.25) is 9.59 Å². The number of aromatic nitrogens is 1. The lowest BCUT2D eigenvalue weighted by atomic mass is 9.98. The van der Waals surface area contributed by atoms with Gasteiger partial charge in [0.2, 0.25) is 0 Å². The van der Waals surface area contributed by atoms with Gasteiger partial charge in [0, 0.05) is 30.8 Å². The highest BCUT2D eigenvalue weighted by Gasteiger charge is 2.43. The van der Waals surface area contributed by atoms with Crippen molar-refractivity contribution in [1.82, 2.24) is 15.6 Å². The molecule has 2 aromatic carbocycles. The van der Waals surface area contributed by atoms with Gasteiger partial charge in [-0.25, -0.2) is 9.78 Å². The van der Waals surface area contributed by atoms with Crippen LogP contribution in [0, 0.1) is 11.8 Å². The number of benzene rings is 2. The summed E-state index contributed by atoms with van der Waals surface area (Å²) in [5.41, 5.74) is 4.99. The molecule has 8 nitrogen and oxygen atoms in total. The second-order valence-corrected chi connectivity index (χ2v) is 9.72. The number of amides is 2. The number of thiazole rings is 1. The zero-order chi connectivity index (χ0) is 24.4. The van der Waals surface area contributed by atoms with E-state index in [9.17, 15) is 14.4 Å². The van der Waals surface area contributed by atoms with Crippen molar-refractivity contribution in [3.63, 3.8) is 0 Å². The van der Waals surface area contributed by atoms with Gasteiger partial charge in [0.05, 0.1) is 10.9 Å². The van der Waals surface area contributed by atoms with Crippen molar-refractivity contribution in [1.29, 1.82) is 0 Å². The zero-order valence-corrected chi connectivity index (χ0v) is 19.7. The summed E-state index contributed by atoms with van der Waals surface area (Å²) in [5.74, 6) is -1.48. The molecule has 2 aliphatic carbocycles. The zero-order valence-electron chi connectivity index (χ0n) is 18.9. The molecule has 0 aliphatic heterocycles. The molecule has 1 heterocycles. The molecule has 0 spiro atoms. The van der Waals surface area contributed by atoms with Gasteiger partial charge in [0.25, 0.3) is 5.91 Å². The quantitative estimate of drug-likeness (QED) is 0.420. The molecule has 2 aliphatic rings. The van der Waals surface area contributed by atoms with Crippen LogP contribution in [0.3, 0.4) is 0 Å². The summed E-state index contributed by atoms with van der Waals surface area (Å²) in [6.07, 6.45) is 0.588. The van der Waals surface area contributed by atoms with E-state index in [1.54, 1.807) is 5.38 Å². The summed E-state index contributed by atoms with van der Waals surface area (Å²) in [6.45, 7) is 0.935. The van der Waals surface area contributed by atoms with E-state index in [-0.39, 0.29) is 30.3 Å². The summed E-state index contributed by atoms with van der Waals surface area (Å²) >= 11 is 1.35. The van der Waals surface area contributed by atoms with Crippen molar-refractivity contribution in [2.24, 2.45) is 11.8 Å². The Labute approximate surface area is 206 Å². The van der Waals surface area contributed by atoms with Gasteiger partial charge in [-0.1, -0.05) is 48.5 Å². The molecule has 1 fully saturated rings. The fourth-order valence-corrected chi connectivity index (χ4v) is 5.32. The summed E-state index contributed by atoms with van der Waals surface area (Å²) in [4.78, 5) is 39.7. The Morgan fingerprint density at radius 1 is 1.03 bits per heavy atom. The van der Waals surface area contributed by atoms with Crippen LogP contribution in [0.4, 0.5) is 4.79 Å². The van der Waals surface area contributed by atoms with E-state index >= 15 is 0 Å². The van der Waals surface area contributed by atoms with Crippen LogP contribution in [-0.2, 0) is 16.0 Å². The lowest BCUT2D eigenvalue weighted by Crippen LogP contribution is -2.28. The molecule has 2 amide bonds. The number of aliphatic carboxylic acids is 1. The highest BCUT2D eigenvalue weighted by atomic mass is 32.1. The molecular formula is C26H25N3O5S. The number of hydrogen-bond acceptors (Lipinski definition) is 6. The Kier molecular flexibility index (Phi) is 6.50. The van der Waals surface area contributed by atoms with E-state index in [1.165, 1.54) is 22.5 Å². The molecule has 3 N–H and O–H groups in total. The van der Waals surface area contributed by atoms with Gasteiger partial charge in [-0.15, -0.1) is 11.3 Å². The Hall–Kier alpha value is -3.72. The van der Waals surface area contributed by atoms with E-state index in [1.807, 2.05) is 24.3 Å². The van der Waals surface area contributed by atoms with Gasteiger partial charge < -0.3 is 20.5 Å². The van der Waals surface area contributed by atoms with Crippen LogP contribution in [0.1, 0.15) is 39.0 Å². The molecule has 1 saturated carbocycles. The molecule has 0 saturated heterocycles. The summed E-state index contributed by atoms with van der Waals surface area (Å²) < 4.78 is 5.53. The number of carboxylic acid groups (broad SMARTS) is 1. The first-order valence-corrected chi connectivity index (χ1v) is 12.4. The number of fused-ring (bicyclic) bond motifs is 3. The Morgan fingerprint density at radius 3 is 2.37 bits per heavy atom. The van der Waals surface area contributed by atoms with E-state index < -0.39 is 12.1 Å². The number of ether oxygens (including phenoxy) is 1. The number of alkyl carbamates (subject to hydrolysis) is 1. The van der Waals surface area contributed by atoms with Crippen molar-refractivity contribution < 1.29 is 24.2 Å². The second kappa shape index (κ2) is 9.87. The third kappa shape index (κ3) is 5.05. The number of nitrogens with one attached hydrogen (secondary N) is 2. The minimum absolute atomic E-state index is 0.00374. The molecule has 1 aromatic heterocycles. The van der Waals surface area contributed by atoms with Crippen LogP contribution in [0.25, 0.3) is 11.1 Å². The van der Waals surface area contributed by atoms with Crippen LogP contribution in [-0.4, -0.2) is 47.8 Å². The number of carboxylic acids is 1. The maximum Gasteiger partial charge on any atom is 0.407 e. The third-order valence-corrected chi connectivity index (χ3v) is 7.41. The summed E-state index contributed by atoms with van der Waals surface area (Å²) in [7, 11) is 0. The molecule has 180 valence electrons. The highest BCUT2D eigenvalue weighted by molar-refractivity contribution is 7.09. The smallest absolute Gasteiger partial charge is 0.407 e. The molecule has 3 aromatic rings. The predicted molar refractivity (Wildman–Crippen MR) is 130 cm³/mol. The summed E-state index contributed by atoms with van der Waals surface area (Å²) in [5, 5.41) is 16.8. The molecule has 0 bridgehead atoms. The van der Waals surface area contributed by atoms with Gasteiger partial charge >= 0.3 is 12.1 Å². The minimum atomic E-state index is -0.816. The fraction of sp³-hybridized carbons (Fsp3) is 0.308. The topological polar surface area (TPSA) is 118 Å². The first-order valence-electron chi connectivity index (χ1n) is 11.6. The molecule has 2 unspecified atom stereocenters. The SMILES string of the molecule is O=C(NCCc1nc(C(=O)NCC2CC2C(=O)O)cs1)OCC1c2ccccc2-c2ccccc21. The van der Waals surface area contributed by atoms with E-state index in [0.717, 1.165) is 16.1 Å². The van der Waals surface area contributed by atoms with Crippen LogP contribution < -0.4 is 10.6 Å². The van der Waals surface area contributed by atoms with Crippen molar-refractivity contribution in [3.8, 4) is 11.1 Å². The third-order valence-electron chi connectivity index (χ3n) is 6.50. The lowest BCUT2D eigenvalue weighted by Gasteiger charge is -2.14. The predicted octanol–water partition coefficient (Wildman–Crippen LogP) is 3.67. The van der Waals surface area contributed by atoms with Gasteiger partial charge in [-0.05, 0) is 34.6 Å². The van der Waals surface area contributed by atoms with Gasteiger partial charge in [-0.2, -0.15) is 0 Å². The standard InChI is InChI=1S/C26H25N3O5S/c30-24(28-12-15-11-20(15)25(31)32)22-14-35-23(29-22)9-10-27-26(33)34-13-21-18-7-3-1-5-16(18)17-6-2-4-8-19(17)21/h1-8,14-15,20-21H,9-13H2,(H,27,33)(H,28,30)(H,31,32). The van der Waals surface area contributed by atoms with E-state index in [4.69, 9.17) is 9.84 Å². The van der Waals surface area contributed by atoms with Crippen LogP contribution in [0.5, 0.6) is 0 Å². The fourth-order valence-electron chi connectivity index (χ4n) is 4.54. The van der Waals surface area contributed by atoms with Gasteiger partial charge in [0.15, 0.2) is 0 Å². The molecule has 0 radical (unpaired) electrons. The normalized spacial score (nSPS) is 17.8. The van der Waals surface area contributed by atoms with E-state index in [0.29, 0.717) is 31.6 Å². The van der Waals surface area contributed by atoms with Crippen LogP contribution in [0.2, 0.25) is 0 Å². The van der Waals surface area contributed by atoms with E-state index in [2.05, 4.69) is 39.9 Å². The molecule has 9 heteroatoms. The first-order chi connectivity index (χ1) is 17.0. The maximum atomic E-state index is 12.3. The van der Waals surface area contributed by atoms with Crippen molar-refractivity contribution in [2.75, 3.05) is 19.7 Å². The Bertz CT molecular complexity index is 1230. The lowest BCUT2D eigenvalue weighted by molar-refractivity contribution is -0.138. The maximum absolute atomic E-state index is 12.3. The van der Waals surface area contributed by atoms with Crippen molar-refractivity contribution in [3.05, 3.63) is 75.7 Å². The average Bonchev–Trinajstić information content (AvgIpc) is 3.38. The largest absolute Gasteiger partial charge is 0.481 e. The Balaban J connectivity index is 1.06. The average molecular weight is 492 g/mol. The number of hydrogen-bond donors (Lipinski definition) is 3. The van der Waals surface area contributed by atoms with Crippen LogP contribution in [0.15, 0.2) is 53.9 Å². The number of rotatable bonds is 9. The molecule has 2 atom stereocenters. The molecule has 5 rings (SSSR count). The molecular weight excluding hydrogens is 466 g/mol. The first kappa shape index (κ1) is 23.0. The minimum Gasteiger partial charge on any atom is -0.481 e. The van der Waals surface area contributed by atoms with Crippen LogP contribution >= 0.6 is 11.3 Å². The monoisotopic (exact) mass is 491 g/mol. The number of carbonyl (C=O) groups is 3. The highest BCUT2D eigenvalue weighted by Crippen LogP contribution is 2.44. The Morgan fingerprint density at radius 2 is 1.71 bits per heavy atom. The van der Waals surface area contributed by atoms with Crippen molar-refractivity contribution >= 4 is 29.3 Å². The second-order valence-electron chi connectivity index (χ2n) is 8.78. The van der Waals surface area contributed by atoms with Crippen molar-refractivity contribution in [2.45, 2.75) is 18.8 Å². The molecule has 35 heavy (non-hydrogen) atoms. The van der Waals surface area contributed by atoms with Gasteiger partial charge in [0.1, 0.15) is 12.3 Å². The summed E-state index contributed by atoms with van der Waals surface area (Å²) in [6, 6.07) is 16.4. The number of nitrogens with zero attached hydrogens (tertiary/aromatic N) is 1.